The summed E-state index contributed by atoms with van der Waals surface area (Å²) in [6.45, 7) is 0. The van der Waals surface area contributed by atoms with Crippen molar-refractivity contribution in [3.05, 3.63) is 29.3 Å². The predicted octanol–water partition coefficient (Wildman–Crippen LogP) is 0.704. The van der Waals surface area contributed by atoms with Crippen LogP contribution < -0.4 is 4.65 Å². The molecule has 12 heavy (non-hydrogen) atoms. The smallest absolute Gasteiger partial charge is 0.322 e. The van der Waals surface area contributed by atoms with E-state index in [-0.39, 0.29) is 12.0 Å². The van der Waals surface area contributed by atoms with E-state index in [1.54, 1.807) is 0 Å². The van der Waals surface area contributed by atoms with E-state index in [2.05, 4.69) is 4.65 Å². The van der Waals surface area contributed by atoms with Crippen LogP contribution >= 0.6 is 0 Å². The van der Waals surface area contributed by atoms with E-state index in [0.29, 0.717) is 0 Å². The van der Waals surface area contributed by atoms with Gasteiger partial charge in [0.05, 0.1) is 5.56 Å². The van der Waals surface area contributed by atoms with E-state index in [9.17, 15) is 13.6 Å². The summed E-state index contributed by atoms with van der Waals surface area (Å²) in [5.41, 5.74) is -0.602. The summed E-state index contributed by atoms with van der Waals surface area (Å²) in [4.78, 5) is 10.2. The Hall–Kier alpha value is -1.39. The van der Waals surface area contributed by atoms with Crippen molar-refractivity contribution in [3.8, 4) is 5.75 Å². The molecule has 0 saturated carbocycles. The monoisotopic (exact) mass is 170 g/mol. The third kappa shape index (κ3) is 1.30. The van der Waals surface area contributed by atoms with Gasteiger partial charge in [0.25, 0.3) is 0 Å². The molecule has 0 saturated heterocycles. The number of hydrogen-bond donors (Lipinski definition) is 0. The highest BCUT2D eigenvalue weighted by atomic mass is 19.1. The van der Waals surface area contributed by atoms with Gasteiger partial charge in [-0.15, -0.1) is 0 Å². The van der Waals surface area contributed by atoms with E-state index in [4.69, 9.17) is 0 Å². The fourth-order valence-corrected chi connectivity index (χ4v) is 0.815. The van der Waals surface area contributed by atoms with Gasteiger partial charge >= 0.3 is 8.05 Å². The molecule has 5 heteroatoms. The second-order valence-electron chi connectivity index (χ2n) is 2.10. The average Bonchev–Trinajstić information content (AvgIpc) is 2.06. The van der Waals surface area contributed by atoms with Gasteiger partial charge < -0.3 is 4.65 Å². The molecule has 0 aliphatic carbocycles. The summed E-state index contributed by atoms with van der Waals surface area (Å²) < 4.78 is 30.1. The standard InChI is InChI=1S/C7H5BF2O2/c8-12-6-2-1-5(9)4(3-11)7(6)10/h1-3H,8H2. The summed E-state index contributed by atoms with van der Waals surface area (Å²) in [7, 11) is 1.24. The Morgan fingerprint density at radius 1 is 1.42 bits per heavy atom. The van der Waals surface area contributed by atoms with Gasteiger partial charge in [0.15, 0.2) is 12.1 Å². The van der Waals surface area contributed by atoms with Crippen molar-refractivity contribution >= 4 is 14.3 Å². The summed E-state index contributed by atoms with van der Waals surface area (Å²) in [5.74, 6) is -1.99. The highest BCUT2D eigenvalue weighted by Gasteiger charge is 2.12. The highest BCUT2D eigenvalue weighted by molar-refractivity contribution is 6.00. The number of rotatable bonds is 2. The fraction of sp³-hybridized carbons (Fsp3) is 0. The minimum Gasteiger partial charge on any atom is -0.566 e. The first-order valence-electron chi connectivity index (χ1n) is 3.18. The number of hydrogen-bond acceptors (Lipinski definition) is 2. The summed E-state index contributed by atoms with van der Waals surface area (Å²) >= 11 is 0. The first-order valence-corrected chi connectivity index (χ1v) is 3.18. The van der Waals surface area contributed by atoms with E-state index in [1.165, 1.54) is 8.05 Å². The van der Waals surface area contributed by atoms with Crippen LogP contribution in [0.1, 0.15) is 10.4 Å². The van der Waals surface area contributed by atoms with Crippen LogP contribution in [0.3, 0.4) is 0 Å². The third-order valence-corrected chi connectivity index (χ3v) is 1.43. The van der Waals surface area contributed by atoms with Gasteiger partial charge in [-0.1, -0.05) is 0 Å². The Morgan fingerprint density at radius 3 is 2.58 bits per heavy atom. The van der Waals surface area contributed by atoms with Crippen LogP contribution in [0.15, 0.2) is 12.1 Å². The second kappa shape index (κ2) is 3.34. The number of carbonyl (C=O) groups excluding carboxylic acids is 1. The lowest BCUT2D eigenvalue weighted by Gasteiger charge is -2.03. The van der Waals surface area contributed by atoms with Crippen LogP contribution in [0.5, 0.6) is 5.75 Å². The molecular formula is C7H5BF2O2. The zero-order chi connectivity index (χ0) is 9.14. The minimum absolute atomic E-state index is 0.118. The molecule has 0 N–H and O–H groups in total. The van der Waals surface area contributed by atoms with E-state index in [1.807, 2.05) is 0 Å². The molecule has 0 aromatic heterocycles. The predicted molar refractivity (Wildman–Crippen MR) is 40.9 cm³/mol. The maximum Gasteiger partial charge on any atom is 0.322 e. The van der Waals surface area contributed by atoms with Gasteiger partial charge in [-0.05, 0) is 12.1 Å². The normalized spacial score (nSPS) is 9.50. The van der Waals surface area contributed by atoms with Gasteiger partial charge in [0.1, 0.15) is 11.6 Å². The highest BCUT2D eigenvalue weighted by Crippen LogP contribution is 2.20. The van der Waals surface area contributed by atoms with Crippen molar-refractivity contribution in [3.63, 3.8) is 0 Å². The van der Waals surface area contributed by atoms with Crippen LogP contribution in [0.25, 0.3) is 0 Å². The molecule has 62 valence electrons. The van der Waals surface area contributed by atoms with Crippen molar-refractivity contribution in [2.24, 2.45) is 0 Å². The molecule has 0 heterocycles. The van der Waals surface area contributed by atoms with Crippen LogP contribution in [-0.4, -0.2) is 14.3 Å². The van der Waals surface area contributed by atoms with E-state index < -0.39 is 17.2 Å². The Labute approximate surface area is 68.6 Å². The SMILES string of the molecule is BOc1ccc(F)c(C=O)c1F. The molecule has 2 nitrogen and oxygen atoms in total. The zero-order valence-electron chi connectivity index (χ0n) is 6.30. The minimum atomic E-state index is -0.965. The van der Waals surface area contributed by atoms with Crippen LogP contribution in [0, 0.1) is 11.6 Å². The molecule has 1 aromatic carbocycles. The lowest BCUT2D eigenvalue weighted by atomic mass is 10.2. The average molecular weight is 170 g/mol. The summed E-state index contributed by atoms with van der Waals surface area (Å²) in [5, 5.41) is 0. The molecule has 0 aliphatic rings. The van der Waals surface area contributed by atoms with Crippen molar-refractivity contribution in [1.29, 1.82) is 0 Å². The number of aldehydes is 1. The van der Waals surface area contributed by atoms with Gasteiger partial charge in [-0.2, -0.15) is 0 Å². The number of carbonyl (C=O) groups is 1. The number of halogens is 2. The summed E-state index contributed by atoms with van der Waals surface area (Å²) in [6.07, 6.45) is 0.118. The molecule has 1 rings (SSSR count). The molecule has 0 fully saturated rings. The lowest BCUT2D eigenvalue weighted by molar-refractivity contribution is 0.111. The quantitative estimate of drug-likeness (QED) is 0.482. The van der Waals surface area contributed by atoms with Crippen LogP contribution in [-0.2, 0) is 0 Å². The molecule has 0 amide bonds. The Balaban J connectivity index is 3.33. The molecule has 0 unspecified atom stereocenters. The Bertz CT molecular complexity index is 315. The van der Waals surface area contributed by atoms with Gasteiger partial charge in [0, 0.05) is 0 Å². The van der Waals surface area contributed by atoms with Crippen molar-refractivity contribution < 1.29 is 18.2 Å². The van der Waals surface area contributed by atoms with E-state index in [0.717, 1.165) is 12.1 Å². The van der Waals surface area contributed by atoms with Crippen LogP contribution in [0.2, 0.25) is 0 Å². The topological polar surface area (TPSA) is 26.3 Å². The lowest BCUT2D eigenvalue weighted by Crippen LogP contribution is -1.97. The first kappa shape index (κ1) is 8.71. The van der Waals surface area contributed by atoms with Crippen molar-refractivity contribution in [2.75, 3.05) is 0 Å². The van der Waals surface area contributed by atoms with Crippen molar-refractivity contribution in [1.82, 2.24) is 0 Å². The second-order valence-corrected chi connectivity index (χ2v) is 2.10. The Morgan fingerprint density at radius 2 is 2.08 bits per heavy atom. The van der Waals surface area contributed by atoms with Crippen molar-refractivity contribution in [2.45, 2.75) is 0 Å². The molecule has 1 aromatic rings. The van der Waals surface area contributed by atoms with Gasteiger partial charge in [-0.25, -0.2) is 8.78 Å². The molecule has 0 radical (unpaired) electrons. The summed E-state index contributed by atoms with van der Waals surface area (Å²) in [6, 6.07) is 2.10. The molecule has 0 atom stereocenters. The maximum absolute atomic E-state index is 12.9. The fourth-order valence-electron chi connectivity index (χ4n) is 0.815. The van der Waals surface area contributed by atoms with E-state index >= 15 is 0 Å². The van der Waals surface area contributed by atoms with Crippen LogP contribution in [0.4, 0.5) is 8.78 Å². The third-order valence-electron chi connectivity index (χ3n) is 1.43. The maximum atomic E-state index is 12.9. The largest absolute Gasteiger partial charge is 0.566 e. The Kier molecular flexibility index (Phi) is 2.42. The number of benzene rings is 1. The van der Waals surface area contributed by atoms with Gasteiger partial charge in [0.2, 0.25) is 0 Å². The molecular weight excluding hydrogens is 165 g/mol. The van der Waals surface area contributed by atoms with Gasteiger partial charge in [-0.3, -0.25) is 4.79 Å². The molecule has 0 aliphatic heterocycles. The first-order chi connectivity index (χ1) is 5.70. The molecule has 0 spiro atoms. The zero-order valence-corrected chi connectivity index (χ0v) is 6.30. The molecule has 0 bridgehead atoms.